The number of ketones is 1. The van der Waals surface area contributed by atoms with E-state index < -0.39 is 6.67 Å². The van der Waals surface area contributed by atoms with Gasteiger partial charge in [-0.05, 0) is 25.7 Å². The number of alkyl halides is 1. The van der Waals surface area contributed by atoms with Crippen molar-refractivity contribution in [1.29, 1.82) is 0 Å². The van der Waals surface area contributed by atoms with Gasteiger partial charge in [-0.2, -0.15) is 0 Å². The fourth-order valence-electron chi connectivity index (χ4n) is 2.46. The van der Waals surface area contributed by atoms with Gasteiger partial charge in [0.15, 0.2) is 0 Å². The molecule has 0 bridgehead atoms. The standard InChI is InChI=1S/C15H26FN3O/c1-3-6-13(7-4-2)15(20)9-5-8-14-12-19(11-10-16)18-17-14/h12-13H,3-11H2,1-2H3. The Kier molecular flexibility index (Phi) is 8.07. The number of rotatable bonds is 11. The highest BCUT2D eigenvalue weighted by molar-refractivity contribution is 5.80. The molecule has 5 heteroatoms. The summed E-state index contributed by atoms with van der Waals surface area (Å²) in [6, 6.07) is 0. The topological polar surface area (TPSA) is 47.8 Å². The molecule has 0 unspecified atom stereocenters. The van der Waals surface area contributed by atoms with Crippen molar-refractivity contribution in [3.63, 3.8) is 0 Å². The molecular formula is C15H26FN3O. The molecule has 0 N–H and O–H groups in total. The molecule has 0 fully saturated rings. The van der Waals surface area contributed by atoms with Crippen LogP contribution in [0.4, 0.5) is 4.39 Å². The summed E-state index contributed by atoms with van der Waals surface area (Å²) >= 11 is 0. The Balaban J connectivity index is 2.32. The van der Waals surface area contributed by atoms with Crippen LogP contribution in [0.15, 0.2) is 6.20 Å². The summed E-state index contributed by atoms with van der Waals surface area (Å²) in [5.74, 6) is 0.608. The Morgan fingerprint density at radius 1 is 1.35 bits per heavy atom. The van der Waals surface area contributed by atoms with Crippen LogP contribution in [-0.2, 0) is 17.8 Å². The van der Waals surface area contributed by atoms with E-state index in [1.165, 1.54) is 4.68 Å². The Hall–Kier alpha value is -1.26. The van der Waals surface area contributed by atoms with Gasteiger partial charge in [-0.15, -0.1) is 5.10 Å². The lowest BCUT2D eigenvalue weighted by Gasteiger charge is -2.13. The highest BCUT2D eigenvalue weighted by Crippen LogP contribution is 2.17. The number of hydrogen-bond donors (Lipinski definition) is 0. The van der Waals surface area contributed by atoms with Gasteiger partial charge in [0.05, 0.1) is 12.2 Å². The molecule has 0 aliphatic rings. The Morgan fingerprint density at radius 3 is 2.65 bits per heavy atom. The average molecular weight is 283 g/mol. The van der Waals surface area contributed by atoms with Crippen LogP contribution in [0.2, 0.25) is 0 Å². The lowest BCUT2D eigenvalue weighted by atomic mass is 9.91. The van der Waals surface area contributed by atoms with Gasteiger partial charge in [0.1, 0.15) is 12.5 Å². The largest absolute Gasteiger partial charge is 0.299 e. The molecule has 1 heterocycles. The molecule has 1 rings (SSSR count). The second kappa shape index (κ2) is 9.61. The molecule has 0 atom stereocenters. The normalized spacial score (nSPS) is 11.2. The first-order chi connectivity index (χ1) is 9.71. The summed E-state index contributed by atoms with van der Waals surface area (Å²) in [5, 5.41) is 7.82. The first kappa shape index (κ1) is 16.8. The minimum atomic E-state index is -0.434. The van der Waals surface area contributed by atoms with E-state index in [0.29, 0.717) is 12.2 Å². The molecular weight excluding hydrogens is 257 g/mol. The van der Waals surface area contributed by atoms with Gasteiger partial charge in [-0.1, -0.05) is 31.9 Å². The summed E-state index contributed by atoms with van der Waals surface area (Å²) < 4.78 is 13.7. The van der Waals surface area contributed by atoms with Gasteiger partial charge >= 0.3 is 0 Å². The van der Waals surface area contributed by atoms with Crippen molar-refractivity contribution in [3.05, 3.63) is 11.9 Å². The second-order valence-corrected chi connectivity index (χ2v) is 5.26. The highest BCUT2D eigenvalue weighted by atomic mass is 19.1. The summed E-state index contributed by atoms with van der Waals surface area (Å²) in [4.78, 5) is 12.1. The van der Waals surface area contributed by atoms with E-state index in [-0.39, 0.29) is 12.5 Å². The number of halogens is 1. The molecule has 1 aromatic rings. The molecule has 0 saturated heterocycles. The maximum Gasteiger partial charge on any atom is 0.135 e. The van der Waals surface area contributed by atoms with E-state index in [4.69, 9.17) is 0 Å². The number of carbonyl (C=O) groups is 1. The molecule has 20 heavy (non-hydrogen) atoms. The zero-order chi connectivity index (χ0) is 14.8. The van der Waals surface area contributed by atoms with Crippen LogP contribution in [0.5, 0.6) is 0 Å². The van der Waals surface area contributed by atoms with Crippen molar-refractivity contribution < 1.29 is 9.18 Å². The number of aryl methyl sites for hydroxylation is 2. The average Bonchev–Trinajstić information content (AvgIpc) is 2.86. The number of Topliss-reactive ketones (excluding diaryl/α,β-unsaturated/α-hetero) is 1. The van der Waals surface area contributed by atoms with Gasteiger partial charge in [-0.3, -0.25) is 4.79 Å². The fraction of sp³-hybridized carbons (Fsp3) is 0.800. The smallest absolute Gasteiger partial charge is 0.135 e. The Bertz CT molecular complexity index is 386. The molecule has 114 valence electrons. The number of carbonyl (C=O) groups excluding carboxylic acids is 1. The minimum Gasteiger partial charge on any atom is -0.299 e. The van der Waals surface area contributed by atoms with Gasteiger partial charge in [0, 0.05) is 18.5 Å². The summed E-state index contributed by atoms with van der Waals surface area (Å²) in [6.45, 7) is 4.07. The van der Waals surface area contributed by atoms with Crippen molar-refractivity contribution in [3.8, 4) is 0 Å². The zero-order valence-electron chi connectivity index (χ0n) is 12.6. The Labute approximate surface area is 120 Å². The third-order valence-electron chi connectivity index (χ3n) is 3.49. The monoisotopic (exact) mass is 283 g/mol. The molecule has 4 nitrogen and oxygen atoms in total. The summed E-state index contributed by atoms with van der Waals surface area (Å²) in [7, 11) is 0. The van der Waals surface area contributed by atoms with Gasteiger partial charge in [0.25, 0.3) is 0 Å². The molecule has 0 amide bonds. The summed E-state index contributed by atoms with van der Waals surface area (Å²) in [6.07, 6.45) is 8.04. The summed E-state index contributed by atoms with van der Waals surface area (Å²) in [5.41, 5.74) is 0.841. The first-order valence-electron chi connectivity index (χ1n) is 7.68. The van der Waals surface area contributed by atoms with Crippen molar-refractivity contribution in [2.45, 2.75) is 65.3 Å². The molecule has 1 aromatic heterocycles. The number of hydrogen-bond acceptors (Lipinski definition) is 3. The van der Waals surface area contributed by atoms with Crippen LogP contribution >= 0.6 is 0 Å². The number of nitrogens with zero attached hydrogens (tertiary/aromatic N) is 3. The predicted octanol–water partition coefficient (Wildman–Crippen LogP) is 3.36. The van der Waals surface area contributed by atoms with Crippen molar-refractivity contribution in [1.82, 2.24) is 15.0 Å². The van der Waals surface area contributed by atoms with E-state index in [1.807, 2.05) is 0 Å². The highest BCUT2D eigenvalue weighted by Gasteiger charge is 2.16. The maximum absolute atomic E-state index is 12.1. The zero-order valence-corrected chi connectivity index (χ0v) is 12.6. The van der Waals surface area contributed by atoms with Crippen LogP contribution < -0.4 is 0 Å². The van der Waals surface area contributed by atoms with E-state index in [1.54, 1.807) is 6.20 Å². The molecule has 0 aliphatic heterocycles. The lowest BCUT2D eigenvalue weighted by Crippen LogP contribution is -2.14. The first-order valence-corrected chi connectivity index (χ1v) is 7.68. The molecule has 0 aromatic carbocycles. The molecule has 0 aliphatic carbocycles. The third kappa shape index (κ3) is 5.80. The quantitative estimate of drug-likeness (QED) is 0.625. The SMILES string of the molecule is CCCC(CCC)C(=O)CCCc1cn(CCF)nn1. The van der Waals surface area contributed by atoms with Gasteiger partial charge in [0.2, 0.25) is 0 Å². The number of aromatic nitrogens is 3. The van der Waals surface area contributed by atoms with E-state index in [2.05, 4.69) is 24.2 Å². The Morgan fingerprint density at radius 2 is 2.05 bits per heavy atom. The fourth-order valence-corrected chi connectivity index (χ4v) is 2.46. The van der Waals surface area contributed by atoms with Crippen LogP contribution in [0.1, 0.15) is 58.1 Å². The van der Waals surface area contributed by atoms with E-state index in [9.17, 15) is 9.18 Å². The van der Waals surface area contributed by atoms with Crippen molar-refractivity contribution in [2.24, 2.45) is 5.92 Å². The molecule has 0 radical (unpaired) electrons. The van der Waals surface area contributed by atoms with Crippen LogP contribution in [0.25, 0.3) is 0 Å². The van der Waals surface area contributed by atoms with Crippen molar-refractivity contribution in [2.75, 3.05) is 6.67 Å². The van der Waals surface area contributed by atoms with E-state index >= 15 is 0 Å². The lowest BCUT2D eigenvalue weighted by molar-refractivity contribution is -0.123. The molecule has 0 saturated carbocycles. The van der Waals surface area contributed by atoms with Crippen LogP contribution in [0, 0.1) is 5.92 Å². The second-order valence-electron chi connectivity index (χ2n) is 5.26. The maximum atomic E-state index is 12.1. The minimum absolute atomic E-state index is 0.229. The van der Waals surface area contributed by atoms with Gasteiger partial charge < -0.3 is 0 Å². The third-order valence-corrected chi connectivity index (χ3v) is 3.49. The van der Waals surface area contributed by atoms with Crippen molar-refractivity contribution >= 4 is 5.78 Å². The van der Waals surface area contributed by atoms with E-state index in [0.717, 1.165) is 44.2 Å². The molecule has 0 spiro atoms. The predicted molar refractivity (Wildman–Crippen MR) is 77.2 cm³/mol. The van der Waals surface area contributed by atoms with Crippen LogP contribution in [0.3, 0.4) is 0 Å². The van der Waals surface area contributed by atoms with Crippen LogP contribution in [-0.4, -0.2) is 27.5 Å². The van der Waals surface area contributed by atoms with Gasteiger partial charge in [-0.25, -0.2) is 9.07 Å².